The van der Waals surface area contributed by atoms with Crippen LogP contribution in [0.2, 0.25) is 35.4 Å². The summed E-state index contributed by atoms with van der Waals surface area (Å²) in [4.78, 5) is 48.4. The number of alkyl halides is 5. The van der Waals surface area contributed by atoms with Gasteiger partial charge in [0.15, 0.2) is 7.05 Å². The molecule has 0 bridgehead atoms. The van der Waals surface area contributed by atoms with E-state index in [4.69, 9.17) is 96.6 Å². The molecular formula is C59H49Cl9F4N8O8. The van der Waals surface area contributed by atoms with E-state index in [-0.39, 0.29) is 33.5 Å². The first kappa shape index (κ1) is 82.0. The Labute approximate surface area is 548 Å². The van der Waals surface area contributed by atoms with Crippen LogP contribution in [0, 0.1) is 57.6 Å². The van der Waals surface area contributed by atoms with Crippen LogP contribution < -0.4 is 0 Å². The monoisotopic (exact) mass is 1390 g/mol. The smallest absolute Gasteiger partial charge is 0.265 e. The fourth-order valence-electron chi connectivity index (χ4n) is 5.22. The van der Waals surface area contributed by atoms with Gasteiger partial charge in [-0.05, 0) is 95.7 Å². The maximum atomic E-state index is 12.4. The lowest BCUT2D eigenvalue weighted by Gasteiger charge is -1.93. The highest BCUT2D eigenvalue weighted by atomic mass is 35.5. The van der Waals surface area contributed by atoms with E-state index in [1.807, 2.05) is 48.7 Å². The number of halogens is 13. The highest BCUT2D eigenvalue weighted by Crippen LogP contribution is 2.27. The van der Waals surface area contributed by atoms with Gasteiger partial charge in [-0.2, -0.15) is 22.8 Å². The van der Waals surface area contributed by atoms with Crippen LogP contribution in [-0.4, -0.2) is 60.6 Å². The molecule has 29 heteroatoms. The SMILES string of the molecule is CC(F)(F)F.CCl.CCl.C[N+](=O)[O-].Clc1ccc(Cl)cc1.Clc1ccccn1.N#Cc1cccnc1Cl.O=[N+]([O-])c1cc(Cl)ccc1Cl.O=[N+]([O-])c1ccccc1Cl.O=[N+]([O-])c1ccccc1F.c1ccc2ccccc2c1.c1ccc2ncccc2c1. The molecule has 3 heterocycles. The van der Waals surface area contributed by atoms with Crippen LogP contribution in [0.4, 0.5) is 34.6 Å². The van der Waals surface area contributed by atoms with Gasteiger partial charge in [0.05, 0.1) is 25.9 Å². The first-order valence-electron chi connectivity index (χ1n) is 23.7. The Morgan fingerprint density at radius 1 is 0.443 bits per heavy atom. The topological polar surface area (TPSA) is 235 Å². The number of para-hydroxylation sites is 3. The number of aromatic nitrogens is 3. The fourth-order valence-corrected chi connectivity index (χ4v) is 6.32. The first-order chi connectivity index (χ1) is 41.7. The van der Waals surface area contributed by atoms with Crippen LogP contribution in [0.15, 0.2) is 225 Å². The molecule has 0 spiro atoms. The van der Waals surface area contributed by atoms with Gasteiger partial charge in [0, 0.05) is 81.9 Å². The van der Waals surface area contributed by atoms with Crippen molar-refractivity contribution < 1.29 is 37.3 Å². The summed E-state index contributed by atoms with van der Waals surface area (Å²) in [6, 6.07) is 61.6. The zero-order valence-electron chi connectivity index (χ0n) is 46.1. The highest BCUT2D eigenvalue weighted by molar-refractivity contribution is 6.35. The van der Waals surface area contributed by atoms with Crippen molar-refractivity contribution in [2.45, 2.75) is 13.1 Å². The van der Waals surface area contributed by atoms with Crippen molar-refractivity contribution in [3.05, 3.63) is 312 Å². The molecule has 464 valence electrons. The number of nitrogens with zero attached hydrogens (tertiary/aromatic N) is 8. The Kier molecular flexibility index (Phi) is 45.6. The van der Waals surface area contributed by atoms with Gasteiger partial charge < -0.3 is 0 Å². The number of nitro benzene ring substituents is 3. The number of hydrogen-bond donors (Lipinski definition) is 0. The van der Waals surface area contributed by atoms with E-state index in [0.717, 1.165) is 34.7 Å². The summed E-state index contributed by atoms with van der Waals surface area (Å²) in [7, 11) is 0.889. The minimum Gasteiger partial charge on any atom is -0.265 e. The van der Waals surface area contributed by atoms with E-state index in [1.54, 1.807) is 67.0 Å². The molecule has 0 fully saturated rings. The Balaban J connectivity index is 0. The third kappa shape index (κ3) is 41.1. The molecule has 7 aromatic carbocycles. The number of nitriles is 1. The molecule has 16 nitrogen and oxygen atoms in total. The summed E-state index contributed by atoms with van der Waals surface area (Å²) >= 11 is 47.8. The molecule has 10 aromatic rings. The third-order valence-electron chi connectivity index (χ3n) is 8.69. The Bertz CT molecular complexity index is 3380. The summed E-state index contributed by atoms with van der Waals surface area (Å²) in [5.41, 5.74) is 0.773. The first-order valence-corrected chi connectivity index (χ1v) is 27.9. The normalized spacial score (nSPS) is 9.09. The fraction of sp³-hybridized carbons (Fsp3) is 0.0847. The minimum atomic E-state index is -4.00. The lowest BCUT2D eigenvalue weighted by atomic mass is 10.1. The van der Waals surface area contributed by atoms with Gasteiger partial charge >= 0.3 is 11.9 Å². The second kappa shape index (κ2) is 49.0. The summed E-state index contributed by atoms with van der Waals surface area (Å²) in [5.74, 6) is -0.799. The van der Waals surface area contributed by atoms with E-state index < -0.39 is 37.4 Å². The van der Waals surface area contributed by atoms with Gasteiger partial charge in [0.1, 0.15) is 26.4 Å². The average molecular weight is 1390 g/mol. The van der Waals surface area contributed by atoms with Crippen LogP contribution in [0.25, 0.3) is 21.7 Å². The molecule has 0 aliphatic rings. The van der Waals surface area contributed by atoms with Crippen molar-refractivity contribution in [1.29, 1.82) is 5.26 Å². The lowest BCUT2D eigenvalue weighted by molar-refractivity contribution is -0.445. The zero-order chi connectivity index (χ0) is 67.0. The lowest BCUT2D eigenvalue weighted by Crippen LogP contribution is -1.95. The number of hydrogen-bond acceptors (Lipinski definition) is 12. The third-order valence-corrected chi connectivity index (χ3v) is 10.6. The molecule has 88 heavy (non-hydrogen) atoms. The predicted molar refractivity (Wildman–Crippen MR) is 348 cm³/mol. The van der Waals surface area contributed by atoms with E-state index >= 15 is 0 Å². The maximum Gasteiger partial charge on any atom is 0.386 e. The molecule has 0 amide bonds. The van der Waals surface area contributed by atoms with Crippen LogP contribution in [-0.2, 0) is 0 Å². The second-order valence-corrected chi connectivity index (χ2v) is 17.9. The summed E-state index contributed by atoms with van der Waals surface area (Å²) in [6.45, 7) is 0.188. The number of benzene rings is 7. The van der Waals surface area contributed by atoms with Crippen molar-refractivity contribution in [2.75, 3.05) is 19.8 Å². The Hall–Kier alpha value is -8.07. The van der Waals surface area contributed by atoms with Crippen molar-refractivity contribution in [2.24, 2.45) is 0 Å². The molecule has 0 radical (unpaired) electrons. The quantitative estimate of drug-likeness (QED) is 0.0528. The Morgan fingerprint density at radius 3 is 1.16 bits per heavy atom. The molecule has 3 aromatic heterocycles. The van der Waals surface area contributed by atoms with Crippen LogP contribution in [0.3, 0.4) is 0 Å². The van der Waals surface area contributed by atoms with Crippen molar-refractivity contribution in [1.82, 2.24) is 15.0 Å². The van der Waals surface area contributed by atoms with Gasteiger partial charge in [0.25, 0.3) is 11.4 Å². The summed E-state index contributed by atoms with van der Waals surface area (Å²) in [6.07, 6.45) is 3.95. The molecule has 0 unspecified atom stereocenters. The predicted octanol–water partition coefficient (Wildman–Crippen LogP) is 21.5. The van der Waals surface area contributed by atoms with Gasteiger partial charge in [-0.25, -0.2) is 9.97 Å². The number of rotatable bonds is 3. The van der Waals surface area contributed by atoms with Gasteiger partial charge in [-0.1, -0.05) is 184 Å². The van der Waals surface area contributed by atoms with Crippen molar-refractivity contribution in [3.8, 4) is 6.07 Å². The molecule has 0 aliphatic carbocycles. The van der Waals surface area contributed by atoms with E-state index in [2.05, 4.69) is 98.8 Å². The largest absolute Gasteiger partial charge is 0.386 e. The maximum absolute atomic E-state index is 12.4. The molecule has 0 aliphatic heterocycles. The minimum absolute atomic E-state index is 0.0517. The average Bonchev–Trinajstić information content (AvgIpc) is 3.71. The molecular weight excluding hydrogens is 1340 g/mol. The van der Waals surface area contributed by atoms with Crippen LogP contribution in [0.5, 0.6) is 0 Å². The molecule has 0 N–H and O–H groups in total. The molecule has 0 saturated heterocycles. The number of fused-ring (bicyclic) bond motifs is 2. The standard InChI is InChI=1S/C10H8.C9H7N.C6H3Cl2NO2.C6H4Cl2.C6H3ClN2.C6H4ClNO2.C6H4FNO2.C5H4ClN.C2H3F3.2CH3Cl.CH3NO2/c1-2-6-10-8-4-3-7-9(10)5-1;1-2-6-9-8(4-1)5-3-7-10-9;7-4-1-2-5(8)6(3-4)9(10)11;7-5-1-2-6(8)4-3-5;7-6-5(4-8)2-1-3-9-6;2*7-5-3-1-2-4-6(5)8(9)10;6-5-3-1-2-4-7-5;1-2(3,4)5;2*1-2;1-2(3)4/h1-8H;1-7H;1-3H;1-4H;1-3H;2*1-4H;1-4H;1H3;2*1H3;1H3. The van der Waals surface area contributed by atoms with E-state index in [0.29, 0.717) is 15.7 Å². The highest BCUT2D eigenvalue weighted by Gasteiger charge is 2.16. The number of pyridine rings is 3. The summed E-state index contributed by atoms with van der Waals surface area (Å²) in [5, 5.41) is 54.2. The van der Waals surface area contributed by atoms with E-state index in [9.17, 15) is 47.9 Å². The van der Waals surface area contributed by atoms with Gasteiger partial charge in [-0.3, -0.25) is 45.4 Å². The van der Waals surface area contributed by atoms with Gasteiger partial charge in [-0.15, -0.1) is 23.2 Å². The van der Waals surface area contributed by atoms with Crippen LogP contribution >= 0.6 is 104 Å². The van der Waals surface area contributed by atoms with Crippen LogP contribution in [0.1, 0.15) is 12.5 Å². The summed E-state index contributed by atoms with van der Waals surface area (Å²) < 4.78 is 43.5. The van der Waals surface area contributed by atoms with E-state index in [1.165, 1.54) is 71.4 Å². The molecule has 0 saturated carbocycles. The molecule has 0 atom stereocenters. The Morgan fingerprint density at radius 2 is 0.807 bits per heavy atom. The number of nitro groups is 4. The van der Waals surface area contributed by atoms with Crippen molar-refractivity contribution >= 4 is 143 Å². The van der Waals surface area contributed by atoms with Crippen molar-refractivity contribution in [3.63, 3.8) is 0 Å². The second-order valence-electron chi connectivity index (χ2n) is 15.1. The zero-order valence-corrected chi connectivity index (χ0v) is 52.9. The molecule has 10 rings (SSSR count). The van der Waals surface area contributed by atoms with Gasteiger partial charge in [0.2, 0.25) is 5.82 Å².